The van der Waals surface area contributed by atoms with Gasteiger partial charge in [0.25, 0.3) is 0 Å². The lowest BCUT2D eigenvalue weighted by Crippen LogP contribution is -2.36. The van der Waals surface area contributed by atoms with Crippen LogP contribution in [0.3, 0.4) is 0 Å². The van der Waals surface area contributed by atoms with Crippen LogP contribution in [0.15, 0.2) is 42.6 Å². The fourth-order valence-corrected chi connectivity index (χ4v) is 4.88. The number of likely N-dealkylation sites (tertiary alicyclic amines) is 1. The fourth-order valence-electron chi connectivity index (χ4n) is 4.88. The molecule has 0 bridgehead atoms. The highest BCUT2D eigenvalue weighted by Gasteiger charge is 2.52. The van der Waals surface area contributed by atoms with Crippen LogP contribution in [0.4, 0.5) is 8.78 Å². The van der Waals surface area contributed by atoms with Gasteiger partial charge < -0.3 is 14.9 Å². The van der Waals surface area contributed by atoms with Crippen LogP contribution >= 0.6 is 0 Å². The van der Waals surface area contributed by atoms with Crippen molar-refractivity contribution in [3.05, 3.63) is 59.8 Å². The molecule has 1 aliphatic heterocycles. The molecule has 1 aromatic heterocycles. The Morgan fingerprint density at radius 1 is 1.27 bits per heavy atom. The average molecular weight is 415 g/mol. The molecule has 0 unspecified atom stereocenters. The van der Waals surface area contributed by atoms with Gasteiger partial charge in [-0.05, 0) is 36.2 Å². The Labute approximate surface area is 172 Å². The lowest BCUT2D eigenvalue weighted by molar-refractivity contribution is 0.0175. The molecule has 0 spiro atoms. The van der Waals surface area contributed by atoms with E-state index in [9.17, 15) is 19.0 Å². The van der Waals surface area contributed by atoms with E-state index in [0.29, 0.717) is 32.5 Å². The van der Waals surface area contributed by atoms with Crippen molar-refractivity contribution in [2.24, 2.45) is 5.92 Å². The van der Waals surface area contributed by atoms with E-state index in [2.05, 4.69) is 15.1 Å². The monoisotopic (exact) mass is 415 g/mol. The van der Waals surface area contributed by atoms with Crippen molar-refractivity contribution in [1.29, 1.82) is 0 Å². The van der Waals surface area contributed by atoms with E-state index in [0.717, 1.165) is 28.6 Å². The molecule has 5 rings (SSSR count). The van der Waals surface area contributed by atoms with Crippen molar-refractivity contribution in [2.75, 3.05) is 19.6 Å². The first kappa shape index (κ1) is 19.4. The number of rotatable bonds is 5. The molecule has 4 atom stereocenters. The van der Waals surface area contributed by atoms with E-state index in [-0.39, 0.29) is 17.8 Å². The third-order valence-corrected chi connectivity index (χ3v) is 6.33. The van der Waals surface area contributed by atoms with Gasteiger partial charge in [-0.2, -0.15) is 5.10 Å². The highest BCUT2D eigenvalue weighted by atomic mass is 19.1. The van der Waals surface area contributed by atoms with Crippen LogP contribution in [0.1, 0.15) is 24.5 Å². The SMILES string of the molecule is O[C@@H](CN1C[C@@H]2C[C@@H](Oc3ccc(F)cc3F)C[C@]2(O)C1)c1ccc2[nH]ncc2c1. The Morgan fingerprint density at radius 2 is 2.13 bits per heavy atom. The predicted molar refractivity (Wildman–Crippen MR) is 106 cm³/mol. The molecule has 3 aromatic rings. The number of H-pyrrole nitrogens is 1. The van der Waals surface area contributed by atoms with Crippen molar-refractivity contribution < 1.29 is 23.7 Å². The molecule has 158 valence electrons. The molecule has 6 nitrogen and oxygen atoms in total. The van der Waals surface area contributed by atoms with E-state index in [1.807, 2.05) is 18.2 Å². The minimum atomic E-state index is -0.935. The zero-order valence-corrected chi connectivity index (χ0v) is 16.3. The van der Waals surface area contributed by atoms with Crippen LogP contribution in [0.5, 0.6) is 5.75 Å². The van der Waals surface area contributed by atoms with Gasteiger partial charge in [-0.3, -0.25) is 10.00 Å². The van der Waals surface area contributed by atoms with Crippen LogP contribution in [-0.2, 0) is 0 Å². The first-order chi connectivity index (χ1) is 14.4. The normalized spacial score (nSPS) is 27.5. The summed E-state index contributed by atoms with van der Waals surface area (Å²) in [7, 11) is 0. The van der Waals surface area contributed by atoms with E-state index >= 15 is 0 Å². The lowest BCUT2D eigenvalue weighted by Gasteiger charge is -2.25. The van der Waals surface area contributed by atoms with Crippen molar-refractivity contribution in [2.45, 2.75) is 30.7 Å². The molecule has 2 aliphatic rings. The highest BCUT2D eigenvalue weighted by Crippen LogP contribution is 2.43. The molecular weight excluding hydrogens is 392 g/mol. The second-order valence-corrected chi connectivity index (χ2v) is 8.48. The summed E-state index contributed by atoms with van der Waals surface area (Å²) in [6, 6.07) is 8.91. The standard InChI is InChI=1S/C22H23F2N3O3/c23-16-2-4-21(18(24)7-16)30-17-6-15-10-27(12-22(15,29)8-17)11-20(28)13-1-3-19-14(5-13)9-25-26-19/h1-5,7,9,15,17,20,28-29H,6,8,10-12H2,(H,25,26)/t15-,17+,20-,22-/m0/s1. The maximum atomic E-state index is 13.9. The highest BCUT2D eigenvalue weighted by molar-refractivity contribution is 5.78. The number of hydrogen-bond donors (Lipinski definition) is 3. The summed E-state index contributed by atoms with van der Waals surface area (Å²) < 4.78 is 32.6. The lowest BCUT2D eigenvalue weighted by atomic mass is 9.95. The smallest absolute Gasteiger partial charge is 0.167 e. The average Bonchev–Trinajstić information content (AvgIpc) is 3.35. The second-order valence-electron chi connectivity index (χ2n) is 8.48. The summed E-state index contributed by atoms with van der Waals surface area (Å²) in [5, 5.41) is 29.6. The molecule has 0 radical (unpaired) electrons. The van der Waals surface area contributed by atoms with Gasteiger partial charge in [-0.25, -0.2) is 8.78 Å². The topological polar surface area (TPSA) is 81.6 Å². The summed E-state index contributed by atoms with van der Waals surface area (Å²) in [5.41, 5.74) is 0.788. The quantitative estimate of drug-likeness (QED) is 0.597. The number of aliphatic hydroxyl groups is 2. The number of aliphatic hydroxyl groups excluding tert-OH is 1. The van der Waals surface area contributed by atoms with E-state index in [4.69, 9.17) is 4.74 Å². The van der Waals surface area contributed by atoms with Gasteiger partial charge in [-0.15, -0.1) is 0 Å². The predicted octanol–water partition coefficient (Wildman–Crippen LogP) is 2.78. The van der Waals surface area contributed by atoms with Crippen LogP contribution in [0.25, 0.3) is 10.9 Å². The number of ether oxygens (including phenoxy) is 1. The molecule has 3 N–H and O–H groups in total. The Bertz CT molecular complexity index is 1070. The Kier molecular flexibility index (Phi) is 4.72. The van der Waals surface area contributed by atoms with Gasteiger partial charge in [-0.1, -0.05) is 6.07 Å². The number of β-amino-alcohol motifs (C(OH)–C–C–N with tert-alkyl or cyclic N) is 2. The summed E-state index contributed by atoms with van der Waals surface area (Å²) in [6.07, 6.45) is 1.68. The first-order valence-electron chi connectivity index (χ1n) is 10.1. The number of aromatic nitrogens is 2. The minimum Gasteiger partial charge on any atom is -0.487 e. The van der Waals surface area contributed by atoms with E-state index in [1.165, 1.54) is 6.07 Å². The Balaban J connectivity index is 1.21. The molecular formula is C22H23F2N3O3. The molecule has 30 heavy (non-hydrogen) atoms. The van der Waals surface area contributed by atoms with Crippen molar-refractivity contribution >= 4 is 10.9 Å². The fraction of sp³-hybridized carbons (Fsp3) is 0.409. The molecule has 1 saturated heterocycles. The van der Waals surface area contributed by atoms with Crippen LogP contribution in [-0.4, -0.2) is 56.6 Å². The van der Waals surface area contributed by atoms with Crippen molar-refractivity contribution in [3.63, 3.8) is 0 Å². The zero-order valence-electron chi connectivity index (χ0n) is 16.3. The van der Waals surface area contributed by atoms with Crippen LogP contribution in [0, 0.1) is 17.6 Å². The number of halogens is 2. The van der Waals surface area contributed by atoms with Crippen LogP contribution < -0.4 is 4.74 Å². The second kappa shape index (κ2) is 7.30. The summed E-state index contributed by atoms with van der Waals surface area (Å²) in [6.45, 7) is 1.47. The van der Waals surface area contributed by atoms with E-state index < -0.39 is 23.3 Å². The molecule has 1 aliphatic carbocycles. The summed E-state index contributed by atoms with van der Waals surface area (Å²) in [4.78, 5) is 2.06. The van der Waals surface area contributed by atoms with Gasteiger partial charge in [0.15, 0.2) is 11.6 Å². The Hall–Kier alpha value is -2.55. The summed E-state index contributed by atoms with van der Waals surface area (Å²) >= 11 is 0. The largest absolute Gasteiger partial charge is 0.487 e. The molecule has 8 heteroatoms. The maximum Gasteiger partial charge on any atom is 0.167 e. The van der Waals surface area contributed by atoms with Crippen LogP contribution in [0.2, 0.25) is 0 Å². The molecule has 1 saturated carbocycles. The molecule has 0 amide bonds. The third kappa shape index (κ3) is 3.55. The number of fused-ring (bicyclic) bond motifs is 2. The number of hydrogen-bond acceptors (Lipinski definition) is 5. The summed E-state index contributed by atoms with van der Waals surface area (Å²) in [5.74, 6) is -1.40. The van der Waals surface area contributed by atoms with Gasteiger partial charge in [0.2, 0.25) is 0 Å². The molecule has 2 fully saturated rings. The number of benzene rings is 2. The maximum absolute atomic E-state index is 13.9. The minimum absolute atomic E-state index is 0.00638. The van der Waals surface area contributed by atoms with Crippen molar-refractivity contribution in [3.8, 4) is 5.75 Å². The van der Waals surface area contributed by atoms with Gasteiger partial charge in [0.1, 0.15) is 11.9 Å². The van der Waals surface area contributed by atoms with Gasteiger partial charge >= 0.3 is 0 Å². The number of nitrogens with zero attached hydrogens (tertiary/aromatic N) is 2. The van der Waals surface area contributed by atoms with Gasteiger partial charge in [0, 0.05) is 43.4 Å². The number of aromatic amines is 1. The third-order valence-electron chi connectivity index (χ3n) is 6.33. The molecule has 2 aromatic carbocycles. The van der Waals surface area contributed by atoms with Crippen molar-refractivity contribution in [1.82, 2.24) is 15.1 Å². The molecule has 2 heterocycles. The Morgan fingerprint density at radius 3 is 2.93 bits per heavy atom. The van der Waals surface area contributed by atoms with E-state index in [1.54, 1.807) is 6.20 Å². The number of nitrogens with one attached hydrogen (secondary N) is 1. The zero-order chi connectivity index (χ0) is 20.9. The van der Waals surface area contributed by atoms with Gasteiger partial charge in [0.05, 0.1) is 23.4 Å². The first-order valence-corrected chi connectivity index (χ1v) is 10.1.